The predicted molar refractivity (Wildman–Crippen MR) is 120 cm³/mol. The molecule has 1 aromatic rings. The Balaban J connectivity index is 1.68. The van der Waals surface area contributed by atoms with Crippen LogP contribution in [0.2, 0.25) is 0 Å². The first-order chi connectivity index (χ1) is 14.6. The zero-order valence-electron chi connectivity index (χ0n) is 19.0. The smallest absolute Gasteiger partial charge is 0.315 e. The molecule has 0 aliphatic heterocycles. The Kier molecular flexibility index (Phi) is 11.6. The van der Waals surface area contributed by atoms with Gasteiger partial charge in [-0.3, -0.25) is 9.59 Å². The normalized spacial score (nSPS) is 18.7. The van der Waals surface area contributed by atoms with E-state index in [9.17, 15) is 9.59 Å². The van der Waals surface area contributed by atoms with Gasteiger partial charge in [0.1, 0.15) is 5.75 Å². The van der Waals surface area contributed by atoms with Crippen molar-refractivity contribution in [2.75, 3.05) is 6.61 Å². The average molecular weight is 417 g/mol. The Hall–Kier alpha value is -1.84. The molecule has 0 N–H and O–H groups in total. The molecular formula is C26H40O4. The molecule has 0 bridgehead atoms. The summed E-state index contributed by atoms with van der Waals surface area (Å²) in [6, 6.07) is 7.46. The van der Waals surface area contributed by atoms with Gasteiger partial charge in [0.05, 0.1) is 18.4 Å². The molecule has 2 rings (SSSR count). The topological polar surface area (TPSA) is 52.6 Å². The van der Waals surface area contributed by atoms with Crippen molar-refractivity contribution in [3.05, 3.63) is 29.8 Å². The molecule has 0 saturated heterocycles. The van der Waals surface area contributed by atoms with E-state index in [2.05, 4.69) is 6.92 Å². The van der Waals surface area contributed by atoms with Crippen LogP contribution in [0.3, 0.4) is 0 Å². The molecule has 0 heterocycles. The molecule has 0 amide bonds. The third-order valence-electron chi connectivity index (χ3n) is 6.07. The van der Waals surface area contributed by atoms with Crippen molar-refractivity contribution in [2.24, 2.45) is 11.8 Å². The van der Waals surface area contributed by atoms with Gasteiger partial charge in [-0.2, -0.15) is 0 Å². The number of carbonyl (C=O) groups excluding carboxylic acids is 2. The first kappa shape index (κ1) is 24.4. The van der Waals surface area contributed by atoms with E-state index in [1.54, 1.807) is 6.07 Å². The van der Waals surface area contributed by atoms with Crippen molar-refractivity contribution in [1.29, 1.82) is 0 Å². The van der Waals surface area contributed by atoms with Crippen molar-refractivity contribution < 1.29 is 19.1 Å². The maximum absolute atomic E-state index is 12.7. The number of benzene rings is 1. The molecule has 4 nitrogen and oxygen atoms in total. The molecule has 0 radical (unpaired) electrons. The lowest BCUT2D eigenvalue weighted by Crippen LogP contribution is -2.36. The Morgan fingerprint density at radius 3 is 2.10 bits per heavy atom. The number of hydrogen-bond donors (Lipinski definition) is 0. The first-order valence-corrected chi connectivity index (χ1v) is 12.1. The number of unbranched alkanes of at least 4 members (excludes halogenated alkanes) is 8. The SMILES string of the molecule is CCCCCCCCCCCOC(=O)C1CCCCC1C(=O)Oc1cccc(C)c1. The van der Waals surface area contributed by atoms with Crippen LogP contribution in [0.15, 0.2) is 24.3 Å². The molecule has 168 valence electrons. The van der Waals surface area contributed by atoms with Crippen molar-refractivity contribution in [3.8, 4) is 5.75 Å². The van der Waals surface area contributed by atoms with Crippen molar-refractivity contribution in [3.63, 3.8) is 0 Å². The summed E-state index contributed by atoms with van der Waals surface area (Å²) in [6.07, 6.45) is 14.4. The number of hydrogen-bond acceptors (Lipinski definition) is 4. The van der Waals surface area contributed by atoms with Crippen LogP contribution in [0.1, 0.15) is 96.0 Å². The second kappa shape index (κ2) is 14.2. The lowest BCUT2D eigenvalue weighted by Gasteiger charge is -2.28. The van der Waals surface area contributed by atoms with Crippen LogP contribution in [0.25, 0.3) is 0 Å². The lowest BCUT2D eigenvalue weighted by molar-refractivity contribution is -0.158. The third-order valence-corrected chi connectivity index (χ3v) is 6.07. The number of rotatable bonds is 13. The molecule has 30 heavy (non-hydrogen) atoms. The molecule has 0 spiro atoms. The second-order valence-corrected chi connectivity index (χ2v) is 8.73. The van der Waals surface area contributed by atoms with E-state index < -0.39 is 5.92 Å². The molecule has 0 aromatic heterocycles. The molecule has 1 aliphatic rings. The second-order valence-electron chi connectivity index (χ2n) is 8.73. The molecule has 1 aromatic carbocycles. The summed E-state index contributed by atoms with van der Waals surface area (Å²) < 4.78 is 11.1. The van der Waals surface area contributed by atoms with E-state index in [1.165, 1.54) is 44.9 Å². The van der Waals surface area contributed by atoms with Crippen LogP contribution in [0, 0.1) is 18.8 Å². The summed E-state index contributed by atoms with van der Waals surface area (Å²) in [4.78, 5) is 25.3. The average Bonchev–Trinajstić information content (AvgIpc) is 2.75. The molecule has 1 fully saturated rings. The molecule has 2 atom stereocenters. The van der Waals surface area contributed by atoms with E-state index in [0.29, 0.717) is 25.2 Å². The van der Waals surface area contributed by atoms with Crippen LogP contribution in [-0.2, 0) is 14.3 Å². The highest BCUT2D eigenvalue weighted by molar-refractivity contribution is 5.83. The summed E-state index contributed by atoms with van der Waals surface area (Å²) in [7, 11) is 0. The maximum atomic E-state index is 12.7. The summed E-state index contributed by atoms with van der Waals surface area (Å²) >= 11 is 0. The molecule has 2 unspecified atom stereocenters. The van der Waals surface area contributed by atoms with Gasteiger partial charge >= 0.3 is 11.9 Å². The highest BCUT2D eigenvalue weighted by Crippen LogP contribution is 2.32. The van der Waals surface area contributed by atoms with Gasteiger partial charge in [-0.25, -0.2) is 0 Å². The van der Waals surface area contributed by atoms with E-state index in [0.717, 1.165) is 31.2 Å². The van der Waals surface area contributed by atoms with Crippen LogP contribution >= 0.6 is 0 Å². The van der Waals surface area contributed by atoms with Crippen LogP contribution in [-0.4, -0.2) is 18.5 Å². The highest BCUT2D eigenvalue weighted by Gasteiger charge is 2.38. The largest absolute Gasteiger partial charge is 0.465 e. The van der Waals surface area contributed by atoms with E-state index in [4.69, 9.17) is 9.47 Å². The minimum atomic E-state index is -0.394. The summed E-state index contributed by atoms with van der Waals surface area (Å²) in [5.41, 5.74) is 1.04. The van der Waals surface area contributed by atoms with E-state index in [-0.39, 0.29) is 17.9 Å². The van der Waals surface area contributed by atoms with E-state index in [1.807, 2.05) is 25.1 Å². The minimum absolute atomic E-state index is 0.222. The number of ether oxygens (including phenoxy) is 2. The summed E-state index contributed by atoms with van der Waals surface area (Å²) in [5, 5.41) is 0. The van der Waals surface area contributed by atoms with Gasteiger partial charge < -0.3 is 9.47 Å². The zero-order valence-corrected chi connectivity index (χ0v) is 19.0. The summed E-state index contributed by atoms with van der Waals surface area (Å²) in [6.45, 7) is 4.67. The number of carbonyl (C=O) groups is 2. The number of aryl methyl sites for hydroxylation is 1. The Morgan fingerprint density at radius 1 is 0.867 bits per heavy atom. The van der Waals surface area contributed by atoms with Gasteiger partial charge in [-0.15, -0.1) is 0 Å². The third kappa shape index (κ3) is 8.89. The Bertz CT molecular complexity index is 640. The predicted octanol–water partition coefficient (Wildman–Crippen LogP) is 6.78. The quantitative estimate of drug-likeness (QED) is 0.202. The molecule has 1 aliphatic carbocycles. The van der Waals surface area contributed by atoms with Gasteiger partial charge in [0.2, 0.25) is 0 Å². The van der Waals surface area contributed by atoms with Crippen molar-refractivity contribution in [1.82, 2.24) is 0 Å². The molecule has 4 heteroatoms. The van der Waals surface area contributed by atoms with Gasteiger partial charge in [0.15, 0.2) is 0 Å². The first-order valence-electron chi connectivity index (χ1n) is 12.1. The fraction of sp³-hybridized carbons (Fsp3) is 0.692. The minimum Gasteiger partial charge on any atom is -0.465 e. The van der Waals surface area contributed by atoms with Crippen molar-refractivity contribution in [2.45, 2.75) is 97.3 Å². The molecular weight excluding hydrogens is 376 g/mol. The van der Waals surface area contributed by atoms with Gasteiger partial charge in [0.25, 0.3) is 0 Å². The zero-order chi connectivity index (χ0) is 21.6. The highest BCUT2D eigenvalue weighted by atomic mass is 16.5. The van der Waals surface area contributed by atoms with Crippen molar-refractivity contribution >= 4 is 11.9 Å². The maximum Gasteiger partial charge on any atom is 0.315 e. The van der Waals surface area contributed by atoms with Gasteiger partial charge in [-0.1, -0.05) is 83.3 Å². The van der Waals surface area contributed by atoms with Gasteiger partial charge in [-0.05, 0) is 43.9 Å². The lowest BCUT2D eigenvalue weighted by atomic mass is 9.79. The standard InChI is InChI=1S/C26H40O4/c1-3-4-5-6-7-8-9-10-13-19-29-25(27)23-17-11-12-18-24(23)26(28)30-22-16-14-15-21(2)20-22/h14-16,20,23-24H,3-13,17-19H2,1-2H3. The Labute approximate surface area is 182 Å². The number of esters is 2. The van der Waals surface area contributed by atoms with Crippen LogP contribution in [0.4, 0.5) is 0 Å². The van der Waals surface area contributed by atoms with Crippen LogP contribution < -0.4 is 4.74 Å². The van der Waals surface area contributed by atoms with E-state index >= 15 is 0 Å². The monoisotopic (exact) mass is 416 g/mol. The fourth-order valence-corrected chi connectivity index (χ4v) is 4.26. The van der Waals surface area contributed by atoms with Gasteiger partial charge in [0, 0.05) is 0 Å². The Morgan fingerprint density at radius 2 is 1.47 bits per heavy atom. The fourth-order valence-electron chi connectivity index (χ4n) is 4.26. The molecule has 1 saturated carbocycles. The van der Waals surface area contributed by atoms with Crippen LogP contribution in [0.5, 0.6) is 5.75 Å². The summed E-state index contributed by atoms with van der Waals surface area (Å²) in [5.74, 6) is -0.734.